The van der Waals surface area contributed by atoms with Gasteiger partial charge in [0, 0.05) is 55.7 Å². The zero-order chi connectivity index (χ0) is 18.9. The molecule has 0 radical (unpaired) electrons. The highest BCUT2D eigenvalue weighted by Crippen LogP contribution is 2.34. The Hall–Kier alpha value is -3.19. The highest BCUT2D eigenvalue weighted by Gasteiger charge is 2.31. The number of aryl methyl sites for hydroxylation is 1. The fraction of sp³-hybridized carbons (Fsp3) is 0.286. The molecule has 0 bridgehead atoms. The lowest BCUT2D eigenvalue weighted by atomic mass is 9.95. The van der Waals surface area contributed by atoms with Gasteiger partial charge >= 0.3 is 0 Å². The molecule has 0 amide bonds. The van der Waals surface area contributed by atoms with E-state index in [0.29, 0.717) is 0 Å². The minimum Gasteiger partial charge on any atom is -0.348 e. The van der Waals surface area contributed by atoms with Gasteiger partial charge in [-0.2, -0.15) is 0 Å². The van der Waals surface area contributed by atoms with Crippen LogP contribution >= 0.6 is 0 Å². The number of fused-ring (bicyclic) bond motifs is 1. The molecule has 0 spiro atoms. The van der Waals surface area contributed by atoms with Crippen molar-refractivity contribution in [3.63, 3.8) is 0 Å². The number of nitrogens with one attached hydrogen (secondary N) is 1. The number of aromatic nitrogens is 6. The minimum absolute atomic E-state index is 0.119. The third-order valence-corrected chi connectivity index (χ3v) is 5.52. The maximum atomic E-state index is 4.67. The third kappa shape index (κ3) is 2.93. The van der Waals surface area contributed by atoms with Crippen LogP contribution in [0.2, 0.25) is 0 Å². The molecule has 0 aliphatic carbocycles. The monoisotopic (exact) mass is 373 g/mol. The number of nitrogens with zero attached hydrogens (tertiary/aromatic N) is 6. The van der Waals surface area contributed by atoms with E-state index < -0.39 is 0 Å². The van der Waals surface area contributed by atoms with E-state index in [1.807, 2.05) is 35.8 Å². The van der Waals surface area contributed by atoms with E-state index in [1.165, 1.54) is 11.3 Å². The Morgan fingerprint density at radius 3 is 2.79 bits per heavy atom. The highest BCUT2D eigenvalue weighted by molar-refractivity contribution is 5.39. The van der Waals surface area contributed by atoms with Crippen molar-refractivity contribution in [3.05, 3.63) is 84.5 Å². The number of rotatable bonds is 5. The third-order valence-electron chi connectivity index (χ3n) is 5.52. The number of hydrogen-bond acceptors (Lipinski definition) is 4. The molecule has 7 heteroatoms. The van der Waals surface area contributed by atoms with Gasteiger partial charge in [-0.25, -0.2) is 15.0 Å². The van der Waals surface area contributed by atoms with Crippen molar-refractivity contribution in [1.82, 2.24) is 34.0 Å². The molecule has 28 heavy (non-hydrogen) atoms. The Kier molecular flexibility index (Phi) is 4.29. The first-order chi connectivity index (χ1) is 13.8. The van der Waals surface area contributed by atoms with Crippen molar-refractivity contribution in [3.8, 4) is 5.69 Å². The Morgan fingerprint density at radius 2 is 2.00 bits per heavy atom. The van der Waals surface area contributed by atoms with Crippen LogP contribution in [0.15, 0.2) is 61.7 Å². The zero-order valence-corrected chi connectivity index (χ0v) is 15.9. The highest BCUT2D eigenvalue weighted by atomic mass is 15.2. The van der Waals surface area contributed by atoms with Crippen LogP contribution in [0.3, 0.4) is 0 Å². The average Bonchev–Trinajstić information content (AvgIpc) is 3.49. The molecule has 1 aliphatic heterocycles. The summed E-state index contributed by atoms with van der Waals surface area (Å²) in [5.74, 6) is 1.10. The van der Waals surface area contributed by atoms with Gasteiger partial charge in [-0.15, -0.1) is 0 Å². The topological polar surface area (TPSA) is 67.6 Å². The maximum Gasteiger partial charge on any atom is 0.122 e. The Labute approximate surface area is 163 Å². The molecule has 142 valence electrons. The maximum absolute atomic E-state index is 4.67. The summed E-state index contributed by atoms with van der Waals surface area (Å²) in [5, 5.41) is 0. The molecule has 4 aromatic rings. The summed E-state index contributed by atoms with van der Waals surface area (Å²) in [6.07, 6.45) is 12.3. The SMILES string of the molecule is CCn1ccnc1CN1CCc2[nH]cnc2[C@@H]1c1ccc(-n2ccnc2)cc1. The van der Waals surface area contributed by atoms with Crippen molar-refractivity contribution < 1.29 is 0 Å². The summed E-state index contributed by atoms with van der Waals surface area (Å²) in [6.45, 7) is 4.86. The molecule has 1 atom stereocenters. The number of aromatic amines is 1. The van der Waals surface area contributed by atoms with E-state index >= 15 is 0 Å². The lowest BCUT2D eigenvalue weighted by molar-refractivity contribution is 0.193. The van der Waals surface area contributed by atoms with Crippen molar-refractivity contribution in [2.75, 3.05) is 6.54 Å². The van der Waals surface area contributed by atoms with Gasteiger partial charge in [0.1, 0.15) is 5.82 Å². The molecule has 1 aliphatic rings. The quantitative estimate of drug-likeness (QED) is 0.584. The second-order valence-electron chi connectivity index (χ2n) is 7.08. The molecule has 3 aromatic heterocycles. The Morgan fingerprint density at radius 1 is 1.11 bits per heavy atom. The second-order valence-corrected chi connectivity index (χ2v) is 7.08. The average molecular weight is 373 g/mol. The lowest BCUT2D eigenvalue weighted by Gasteiger charge is -2.35. The van der Waals surface area contributed by atoms with Gasteiger partial charge in [-0.1, -0.05) is 12.1 Å². The van der Waals surface area contributed by atoms with E-state index in [2.05, 4.69) is 60.6 Å². The van der Waals surface area contributed by atoms with Crippen molar-refractivity contribution in [1.29, 1.82) is 0 Å². The van der Waals surface area contributed by atoms with Crippen LogP contribution in [-0.2, 0) is 19.5 Å². The first-order valence-corrected chi connectivity index (χ1v) is 9.68. The van der Waals surface area contributed by atoms with Crippen molar-refractivity contribution >= 4 is 0 Å². The molecular formula is C21H23N7. The molecule has 1 aromatic carbocycles. The summed E-state index contributed by atoms with van der Waals surface area (Å²) in [6, 6.07) is 8.80. The number of hydrogen-bond donors (Lipinski definition) is 1. The Balaban J connectivity index is 1.50. The second kappa shape index (κ2) is 7.09. The van der Waals surface area contributed by atoms with Crippen LogP contribution in [0.25, 0.3) is 5.69 Å². The Bertz CT molecular complexity index is 1040. The predicted molar refractivity (Wildman–Crippen MR) is 106 cm³/mol. The fourth-order valence-electron chi connectivity index (χ4n) is 4.07. The minimum atomic E-state index is 0.119. The lowest BCUT2D eigenvalue weighted by Crippen LogP contribution is -2.36. The normalized spacial score (nSPS) is 17.0. The summed E-state index contributed by atoms with van der Waals surface area (Å²) >= 11 is 0. The van der Waals surface area contributed by atoms with Crippen LogP contribution in [0, 0.1) is 0 Å². The van der Waals surface area contributed by atoms with E-state index in [0.717, 1.165) is 43.3 Å². The van der Waals surface area contributed by atoms with Gasteiger partial charge in [0.05, 0.1) is 30.9 Å². The smallest absolute Gasteiger partial charge is 0.122 e. The van der Waals surface area contributed by atoms with Gasteiger partial charge in [0.25, 0.3) is 0 Å². The van der Waals surface area contributed by atoms with Crippen molar-refractivity contribution in [2.24, 2.45) is 0 Å². The fourth-order valence-corrected chi connectivity index (χ4v) is 4.07. The molecular weight excluding hydrogens is 350 g/mol. The van der Waals surface area contributed by atoms with Gasteiger partial charge in [-0.3, -0.25) is 4.90 Å². The number of benzene rings is 1. The van der Waals surface area contributed by atoms with Gasteiger partial charge in [0.2, 0.25) is 0 Å². The van der Waals surface area contributed by atoms with Crippen molar-refractivity contribution in [2.45, 2.75) is 32.5 Å². The molecule has 0 saturated carbocycles. The first kappa shape index (κ1) is 16.9. The van der Waals surface area contributed by atoms with Crippen LogP contribution in [-0.4, -0.2) is 40.5 Å². The molecule has 0 unspecified atom stereocenters. The summed E-state index contributed by atoms with van der Waals surface area (Å²) in [5.41, 5.74) is 4.70. The summed E-state index contributed by atoms with van der Waals surface area (Å²) in [4.78, 5) is 19.2. The molecule has 0 fully saturated rings. The van der Waals surface area contributed by atoms with Gasteiger partial charge in [-0.05, 0) is 24.6 Å². The van der Waals surface area contributed by atoms with E-state index in [4.69, 9.17) is 0 Å². The van der Waals surface area contributed by atoms with Crippen LogP contribution in [0.4, 0.5) is 0 Å². The van der Waals surface area contributed by atoms with Crippen LogP contribution in [0.5, 0.6) is 0 Å². The molecule has 5 rings (SSSR count). The molecule has 4 heterocycles. The molecule has 0 saturated heterocycles. The first-order valence-electron chi connectivity index (χ1n) is 9.68. The zero-order valence-electron chi connectivity index (χ0n) is 15.9. The van der Waals surface area contributed by atoms with E-state index in [1.54, 1.807) is 6.20 Å². The van der Waals surface area contributed by atoms with Gasteiger partial charge in [0.15, 0.2) is 0 Å². The summed E-state index contributed by atoms with van der Waals surface area (Å²) in [7, 11) is 0. The van der Waals surface area contributed by atoms with Crippen LogP contribution in [0.1, 0.15) is 35.7 Å². The van der Waals surface area contributed by atoms with Crippen LogP contribution < -0.4 is 0 Å². The molecule has 1 N–H and O–H groups in total. The largest absolute Gasteiger partial charge is 0.348 e. The molecule has 7 nitrogen and oxygen atoms in total. The number of H-pyrrole nitrogens is 1. The summed E-state index contributed by atoms with van der Waals surface area (Å²) < 4.78 is 4.22. The predicted octanol–water partition coefficient (Wildman–Crippen LogP) is 2.96. The van der Waals surface area contributed by atoms with Gasteiger partial charge < -0.3 is 14.1 Å². The van der Waals surface area contributed by atoms with E-state index in [9.17, 15) is 0 Å². The standard InChI is InChI=1S/C21H23N7/c1-2-26-12-9-23-19(26)13-27-10-7-18-20(25-14-24-18)21(27)16-3-5-17(6-4-16)28-11-8-22-15-28/h3-6,8-9,11-12,14-15,21H,2,7,10,13H2,1H3,(H,24,25)/t21-/m0/s1. The number of imidazole rings is 3. The van der Waals surface area contributed by atoms with E-state index in [-0.39, 0.29) is 6.04 Å².